The van der Waals surface area contributed by atoms with Crippen molar-refractivity contribution in [2.45, 2.75) is 32.7 Å². The molecule has 4 rings (SSSR count). The molecule has 0 saturated heterocycles. The third-order valence-electron chi connectivity index (χ3n) is 6.52. The van der Waals surface area contributed by atoms with Crippen LogP contribution in [0.2, 0.25) is 0 Å². The van der Waals surface area contributed by atoms with E-state index in [1.807, 2.05) is 13.8 Å². The Morgan fingerprint density at radius 1 is 1.11 bits per heavy atom. The predicted octanol–water partition coefficient (Wildman–Crippen LogP) is 4.56. The molecule has 17 heteroatoms. The van der Waals surface area contributed by atoms with E-state index in [1.165, 1.54) is 32.5 Å². The number of nitrogens with two attached hydrogens (primary N) is 1. The van der Waals surface area contributed by atoms with Crippen molar-refractivity contribution in [1.82, 2.24) is 30.0 Å². The quantitative estimate of drug-likeness (QED) is 0.136. The van der Waals surface area contributed by atoms with Gasteiger partial charge in [-0.1, -0.05) is 19.9 Å². The van der Waals surface area contributed by atoms with Crippen LogP contribution in [-0.4, -0.2) is 56.5 Å². The number of nitrogens with zero attached hydrogens (tertiary/aromatic N) is 5. The maximum atomic E-state index is 14.0. The predicted molar refractivity (Wildman–Crippen MR) is 163 cm³/mol. The Hall–Kier alpha value is -4.53. The number of carbonyl (C=O) groups excluding carboxylic acids is 1. The molecule has 0 aliphatic heterocycles. The van der Waals surface area contributed by atoms with Gasteiger partial charge < -0.3 is 30.4 Å². The van der Waals surface area contributed by atoms with Gasteiger partial charge in [-0.05, 0) is 29.8 Å². The van der Waals surface area contributed by atoms with E-state index in [9.17, 15) is 27.6 Å². The number of pyridine rings is 1. The summed E-state index contributed by atoms with van der Waals surface area (Å²) in [5, 5.41) is 21.8. The van der Waals surface area contributed by atoms with Crippen molar-refractivity contribution in [2.75, 3.05) is 31.4 Å². The molecule has 6 N–H and O–H groups in total. The van der Waals surface area contributed by atoms with Gasteiger partial charge in [-0.3, -0.25) is 15.0 Å². The zero-order chi connectivity index (χ0) is 32.9. The first kappa shape index (κ1) is 33.4. The monoisotopic (exact) mass is 647 g/mol. The third kappa shape index (κ3) is 8.35. The van der Waals surface area contributed by atoms with Gasteiger partial charge in [0, 0.05) is 49.7 Å². The number of ether oxygens (including phenoxy) is 1. The molecule has 0 bridgehead atoms. The maximum absolute atomic E-state index is 14.0. The highest BCUT2D eigenvalue weighted by Gasteiger charge is 2.36. The molecule has 0 radical (unpaired) electrons. The molecular weight excluding hydrogens is 614 g/mol. The topological polar surface area (TPSA) is 182 Å². The molecule has 13 nitrogen and oxygen atoms in total. The van der Waals surface area contributed by atoms with Gasteiger partial charge in [0.05, 0.1) is 30.4 Å². The van der Waals surface area contributed by atoms with E-state index in [-0.39, 0.29) is 30.1 Å². The van der Waals surface area contributed by atoms with Crippen LogP contribution in [-0.2, 0) is 23.4 Å². The zero-order valence-electron chi connectivity index (χ0n) is 24.9. The number of hydrogen-bond acceptors (Lipinski definition) is 10. The molecule has 3 heterocycles. The number of amides is 1. The van der Waals surface area contributed by atoms with Crippen LogP contribution in [0.3, 0.4) is 0 Å². The molecule has 1 atom stereocenters. The van der Waals surface area contributed by atoms with E-state index in [0.29, 0.717) is 41.0 Å². The largest absolute Gasteiger partial charge is 0.495 e. The molecule has 1 unspecified atom stereocenters. The molecule has 0 aliphatic carbocycles. The van der Waals surface area contributed by atoms with E-state index in [0.717, 1.165) is 0 Å². The first-order valence-electron chi connectivity index (χ1n) is 13.5. The van der Waals surface area contributed by atoms with Crippen LogP contribution in [0.15, 0.2) is 48.9 Å². The summed E-state index contributed by atoms with van der Waals surface area (Å²) < 4.78 is 60.5. The lowest BCUT2D eigenvalue weighted by Gasteiger charge is -2.20. The average Bonchev–Trinajstić information content (AvgIpc) is 3.44. The van der Waals surface area contributed by atoms with Gasteiger partial charge in [-0.2, -0.15) is 23.3 Å². The van der Waals surface area contributed by atoms with Gasteiger partial charge in [-0.25, -0.2) is 9.97 Å². The molecule has 0 saturated carbocycles. The van der Waals surface area contributed by atoms with Crippen LogP contribution in [0.4, 0.5) is 36.3 Å². The fraction of sp³-hybridized carbons (Fsp3) is 0.321. The second kappa shape index (κ2) is 13.6. The lowest BCUT2D eigenvalue weighted by Crippen LogP contribution is -2.23. The highest BCUT2D eigenvalue weighted by atomic mass is 31.1. The van der Waals surface area contributed by atoms with Gasteiger partial charge in [0.1, 0.15) is 25.1 Å². The van der Waals surface area contributed by atoms with E-state index in [1.54, 1.807) is 29.1 Å². The van der Waals surface area contributed by atoms with Crippen LogP contribution in [0.25, 0.3) is 11.3 Å². The molecular formula is C28H33F3N9O4P. The maximum Gasteiger partial charge on any atom is 0.421 e. The fourth-order valence-electron chi connectivity index (χ4n) is 4.23. The lowest BCUT2D eigenvalue weighted by molar-refractivity contribution is -0.137. The van der Waals surface area contributed by atoms with Crippen molar-refractivity contribution in [1.29, 1.82) is 0 Å². The van der Waals surface area contributed by atoms with Gasteiger partial charge >= 0.3 is 6.18 Å². The summed E-state index contributed by atoms with van der Waals surface area (Å²) in [5.74, 6) is -1.18. The number of aliphatic hydroxyl groups is 1. The average molecular weight is 648 g/mol. The zero-order valence-corrected chi connectivity index (χ0v) is 25.9. The first-order valence-corrected chi connectivity index (χ1v) is 15.2. The smallest absolute Gasteiger partial charge is 0.421 e. The Balaban J connectivity index is 1.69. The Morgan fingerprint density at radius 3 is 2.49 bits per heavy atom. The van der Waals surface area contributed by atoms with Crippen LogP contribution in [0.1, 0.15) is 35.5 Å². The Morgan fingerprint density at radius 2 is 1.84 bits per heavy atom. The van der Waals surface area contributed by atoms with Gasteiger partial charge in [0.2, 0.25) is 5.95 Å². The summed E-state index contributed by atoms with van der Waals surface area (Å²) in [7, 11) is 0.482. The molecule has 1 amide bonds. The summed E-state index contributed by atoms with van der Waals surface area (Å²) in [5.41, 5.74) is 5.50. The van der Waals surface area contributed by atoms with Crippen LogP contribution >= 0.6 is 7.95 Å². The summed E-state index contributed by atoms with van der Waals surface area (Å²) in [6.07, 6.45) is -0.836. The number of aliphatic hydroxyl groups excluding tert-OH is 1. The van der Waals surface area contributed by atoms with Crippen molar-refractivity contribution in [2.24, 2.45) is 10.9 Å². The van der Waals surface area contributed by atoms with E-state index < -0.39 is 36.8 Å². The summed E-state index contributed by atoms with van der Waals surface area (Å²) >= 11 is 0. The van der Waals surface area contributed by atoms with Crippen molar-refractivity contribution in [3.63, 3.8) is 0 Å². The van der Waals surface area contributed by atoms with E-state index >= 15 is 0 Å². The van der Waals surface area contributed by atoms with Crippen LogP contribution in [0.5, 0.6) is 5.75 Å². The van der Waals surface area contributed by atoms with Crippen molar-refractivity contribution in [3.05, 3.63) is 65.7 Å². The number of alkyl halides is 3. The Kier molecular flexibility index (Phi) is 10.1. The Labute approximate surface area is 257 Å². The van der Waals surface area contributed by atoms with Crippen molar-refractivity contribution < 1.29 is 32.4 Å². The van der Waals surface area contributed by atoms with Crippen LogP contribution in [0, 0.1) is 5.41 Å². The molecule has 3 aromatic heterocycles. The minimum Gasteiger partial charge on any atom is -0.495 e. The summed E-state index contributed by atoms with van der Waals surface area (Å²) in [4.78, 5) is 25.1. The number of carbonyl (C=O) groups is 1. The number of benzene rings is 1. The minimum absolute atomic E-state index is 0.0407. The number of aromatic nitrogens is 5. The van der Waals surface area contributed by atoms with Crippen molar-refractivity contribution in [3.8, 4) is 17.0 Å². The molecule has 0 spiro atoms. The molecule has 0 fully saturated rings. The molecule has 240 valence electrons. The number of methoxy groups -OCH3 is 1. The Bertz CT molecular complexity index is 1710. The van der Waals surface area contributed by atoms with E-state index in [4.69, 9.17) is 10.2 Å². The standard InChI is InChI=1S/C28H33F3N9O4P/c1-27(2,15-41)14-40-12-17(10-35-40)19-7-8-21(23(36-19)25(42)33-3)37-24-18(28(29,30)31)11-34-26(39-24)38-20-6-5-16(13-45(32)43)9-22(20)44-4/h5-12,41,45H,13-15H2,1-4H3,(H2,32,43)(H,33,42)(H2,34,37,38,39). The summed E-state index contributed by atoms with van der Waals surface area (Å²) in [6, 6.07) is 7.77. The molecule has 45 heavy (non-hydrogen) atoms. The number of anilines is 4. The van der Waals surface area contributed by atoms with Gasteiger partial charge in [0.15, 0.2) is 5.69 Å². The first-order chi connectivity index (χ1) is 21.2. The number of hydrogen-bond donors (Lipinski definition) is 5. The minimum atomic E-state index is -4.84. The second-order valence-corrected chi connectivity index (χ2v) is 12.1. The molecule has 4 aromatic rings. The normalized spacial score (nSPS) is 12.5. The van der Waals surface area contributed by atoms with Gasteiger partial charge in [-0.15, -0.1) is 0 Å². The van der Waals surface area contributed by atoms with Gasteiger partial charge in [0.25, 0.3) is 5.91 Å². The lowest BCUT2D eigenvalue weighted by atomic mass is 9.95. The second-order valence-electron chi connectivity index (χ2n) is 10.8. The number of halogens is 3. The van der Waals surface area contributed by atoms with Crippen molar-refractivity contribution >= 4 is 37.0 Å². The fourth-order valence-corrected chi connectivity index (χ4v) is 4.85. The highest BCUT2D eigenvalue weighted by Crippen LogP contribution is 2.37. The highest BCUT2D eigenvalue weighted by molar-refractivity contribution is 7.41. The summed E-state index contributed by atoms with van der Waals surface area (Å²) in [6.45, 7) is 4.11. The third-order valence-corrected chi connectivity index (χ3v) is 7.28. The van der Waals surface area contributed by atoms with Crippen LogP contribution < -0.4 is 26.2 Å². The number of rotatable bonds is 12. The molecule has 0 aliphatic rings. The van der Waals surface area contributed by atoms with E-state index in [2.05, 4.69) is 36.0 Å². The molecule has 1 aromatic carbocycles. The SMILES string of the molecule is CNC(=O)c1nc(-c2cnn(CC(C)(C)CO)c2)ccc1Nc1nc(Nc2ccc(C[PH](N)=O)cc2OC)ncc1C(F)(F)F. The number of nitrogens with one attached hydrogen (secondary N) is 3.